The van der Waals surface area contributed by atoms with Crippen LogP contribution in [-0.4, -0.2) is 19.0 Å². The van der Waals surface area contributed by atoms with Crippen LogP contribution in [0.4, 0.5) is 4.39 Å². The van der Waals surface area contributed by atoms with Gasteiger partial charge >= 0.3 is 0 Å². The molecule has 0 spiro atoms. The molecule has 0 unspecified atom stereocenters. The van der Waals surface area contributed by atoms with Crippen LogP contribution in [0.1, 0.15) is 11.1 Å². The Hall–Kier alpha value is -1.34. The van der Waals surface area contributed by atoms with Gasteiger partial charge in [-0.15, -0.1) is 0 Å². The Morgan fingerprint density at radius 3 is 2.67 bits per heavy atom. The Morgan fingerprint density at radius 1 is 1.47 bits per heavy atom. The summed E-state index contributed by atoms with van der Waals surface area (Å²) < 4.78 is 14.0. The van der Waals surface area contributed by atoms with E-state index < -0.39 is 5.82 Å². The SMILES string of the molecule is CN(C)C=Cc1c(C#N)ccc(Br)c1F. The largest absolute Gasteiger partial charge is 0.383 e. The minimum atomic E-state index is -0.410. The highest BCUT2D eigenvalue weighted by atomic mass is 79.9. The molecule has 0 aliphatic carbocycles. The minimum absolute atomic E-state index is 0.306. The Morgan fingerprint density at radius 2 is 2.13 bits per heavy atom. The summed E-state index contributed by atoms with van der Waals surface area (Å²) in [5.74, 6) is -0.410. The number of nitrogens with zero attached hydrogens (tertiary/aromatic N) is 2. The Kier molecular flexibility index (Phi) is 3.87. The van der Waals surface area contributed by atoms with E-state index in [1.54, 1.807) is 23.2 Å². The van der Waals surface area contributed by atoms with Gasteiger partial charge in [0.15, 0.2) is 0 Å². The molecule has 1 aromatic carbocycles. The highest BCUT2D eigenvalue weighted by molar-refractivity contribution is 9.10. The van der Waals surface area contributed by atoms with Crippen molar-refractivity contribution in [3.63, 3.8) is 0 Å². The third-order valence-corrected chi connectivity index (χ3v) is 2.40. The van der Waals surface area contributed by atoms with Crippen molar-refractivity contribution in [2.45, 2.75) is 0 Å². The van der Waals surface area contributed by atoms with Crippen molar-refractivity contribution in [3.8, 4) is 6.07 Å². The highest BCUT2D eigenvalue weighted by Crippen LogP contribution is 2.23. The van der Waals surface area contributed by atoms with Crippen LogP contribution < -0.4 is 0 Å². The zero-order valence-corrected chi connectivity index (χ0v) is 10.0. The van der Waals surface area contributed by atoms with Crippen molar-refractivity contribution < 1.29 is 4.39 Å². The van der Waals surface area contributed by atoms with Gasteiger partial charge in [-0.25, -0.2) is 4.39 Å². The van der Waals surface area contributed by atoms with Crippen molar-refractivity contribution in [2.75, 3.05) is 14.1 Å². The van der Waals surface area contributed by atoms with E-state index in [9.17, 15) is 4.39 Å². The Labute approximate surface area is 96.8 Å². The zero-order valence-electron chi connectivity index (χ0n) is 8.46. The first-order valence-electron chi connectivity index (χ1n) is 4.29. The van der Waals surface area contributed by atoms with Crippen LogP contribution in [-0.2, 0) is 0 Å². The molecule has 0 bridgehead atoms. The van der Waals surface area contributed by atoms with Gasteiger partial charge < -0.3 is 4.90 Å². The molecule has 0 saturated carbocycles. The van der Waals surface area contributed by atoms with E-state index in [1.165, 1.54) is 6.07 Å². The van der Waals surface area contributed by atoms with Gasteiger partial charge in [0.05, 0.1) is 16.1 Å². The van der Waals surface area contributed by atoms with Crippen LogP contribution in [0.2, 0.25) is 0 Å². The topological polar surface area (TPSA) is 27.0 Å². The Balaban J connectivity index is 3.26. The minimum Gasteiger partial charge on any atom is -0.383 e. The number of hydrogen-bond acceptors (Lipinski definition) is 2. The van der Waals surface area contributed by atoms with Crippen molar-refractivity contribution >= 4 is 22.0 Å². The van der Waals surface area contributed by atoms with E-state index in [1.807, 2.05) is 20.2 Å². The molecule has 15 heavy (non-hydrogen) atoms. The van der Waals surface area contributed by atoms with Gasteiger partial charge in [0, 0.05) is 19.7 Å². The van der Waals surface area contributed by atoms with Gasteiger partial charge in [-0.05, 0) is 40.3 Å². The van der Waals surface area contributed by atoms with Crippen molar-refractivity contribution in [3.05, 3.63) is 39.7 Å². The summed E-state index contributed by atoms with van der Waals surface area (Å²) in [7, 11) is 3.66. The number of hydrogen-bond donors (Lipinski definition) is 0. The van der Waals surface area contributed by atoms with Crippen LogP contribution >= 0.6 is 15.9 Å². The third kappa shape index (κ3) is 2.80. The summed E-state index contributed by atoms with van der Waals surface area (Å²) in [5.41, 5.74) is 0.634. The molecule has 0 atom stereocenters. The van der Waals surface area contributed by atoms with Crippen LogP contribution in [0.3, 0.4) is 0 Å². The molecular weight excluding hydrogens is 259 g/mol. The molecule has 0 N–H and O–H groups in total. The second-order valence-electron chi connectivity index (χ2n) is 3.21. The second kappa shape index (κ2) is 4.94. The van der Waals surface area contributed by atoms with Crippen LogP contribution in [0.15, 0.2) is 22.8 Å². The fourth-order valence-corrected chi connectivity index (χ4v) is 1.40. The summed E-state index contributed by atoms with van der Waals surface area (Å²) >= 11 is 3.08. The monoisotopic (exact) mass is 268 g/mol. The molecular formula is C11H10BrFN2. The summed E-state index contributed by atoms with van der Waals surface area (Å²) in [4.78, 5) is 1.78. The quantitative estimate of drug-likeness (QED) is 0.825. The molecule has 0 aliphatic rings. The lowest BCUT2D eigenvalue weighted by Crippen LogP contribution is -2.00. The number of halogens is 2. The first-order valence-corrected chi connectivity index (χ1v) is 5.08. The lowest BCUT2D eigenvalue weighted by atomic mass is 10.1. The van der Waals surface area contributed by atoms with Gasteiger partial charge in [-0.3, -0.25) is 0 Å². The fraction of sp³-hybridized carbons (Fsp3) is 0.182. The molecule has 0 aromatic heterocycles. The molecule has 0 amide bonds. The molecule has 0 aliphatic heterocycles. The predicted molar refractivity (Wildman–Crippen MR) is 61.5 cm³/mol. The van der Waals surface area contributed by atoms with E-state index in [0.717, 1.165) is 0 Å². The zero-order chi connectivity index (χ0) is 11.4. The molecule has 1 rings (SSSR count). The maximum absolute atomic E-state index is 13.6. The molecule has 0 saturated heterocycles. The predicted octanol–water partition coefficient (Wildman–Crippen LogP) is 2.99. The Bertz CT molecular complexity index is 433. The molecule has 4 heteroatoms. The van der Waals surface area contributed by atoms with Crippen LogP contribution in [0.25, 0.3) is 6.08 Å². The maximum atomic E-state index is 13.6. The maximum Gasteiger partial charge on any atom is 0.145 e. The highest BCUT2D eigenvalue weighted by Gasteiger charge is 2.08. The molecule has 0 fully saturated rings. The van der Waals surface area contributed by atoms with Crippen molar-refractivity contribution in [2.24, 2.45) is 0 Å². The summed E-state index contributed by atoms with van der Waals surface area (Å²) in [6.07, 6.45) is 3.28. The third-order valence-electron chi connectivity index (χ3n) is 1.79. The van der Waals surface area contributed by atoms with Gasteiger partial charge in [-0.1, -0.05) is 0 Å². The normalized spacial score (nSPS) is 10.3. The van der Waals surface area contributed by atoms with E-state index >= 15 is 0 Å². The number of benzene rings is 1. The van der Waals surface area contributed by atoms with Crippen LogP contribution in [0, 0.1) is 17.1 Å². The summed E-state index contributed by atoms with van der Waals surface area (Å²) in [6.45, 7) is 0. The molecule has 0 radical (unpaired) electrons. The summed E-state index contributed by atoms with van der Waals surface area (Å²) in [5, 5.41) is 8.82. The van der Waals surface area contributed by atoms with E-state index in [-0.39, 0.29) is 0 Å². The lowest BCUT2D eigenvalue weighted by molar-refractivity contribution is 0.566. The molecule has 78 valence electrons. The van der Waals surface area contributed by atoms with Crippen molar-refractivity contribution in [1.82, 2.24) is 4.90 Å². The first kappa shape index (κ1) is 11.7. The smallest absolute Gasteiger partial charge is 0.145 e. The number of rotatable bonds is 2. The number of nitriles is 1. The van der Waals surface area contributed by atoms with E-state index in [4.69, 9.17) is 5.26 Å². The molecule has 1 aromatic rings. The van der Waals surface area contributed by atoms with Crippen LogP contribution in [0.5, 0.6) is 0 Å². The molecule has 0 heterocycles. The average Bonchev–Trinajstić information content (AvgIpc) is 2.20. The summed E-state index contributed by atoms with van der Waals surface area (Å²) in [6, 6.07) is 5.07. The lowest BCUT2D eigenvalue weighted by Gasteiger charge is -2.06. The first-order chi connectivity index (χ1) is 7.06. The van der Waals surface area contributed by atoms with E-state index in [2.05, 4.69) is 15.9 Å². The van der Waals surface area contributed by atoms with Gasteiger partial charge in [-0.2, -0.15) is 5.26 Å². The van der Waals surface area contributed by atoms with Gasteiger partial charge in [0.25, 0.3) is 0 Å². The second-order valence-corrected chi connectivity index (χ2v) is 4.07. The standard InChI is InChI=1S/C11H10BrFN2/c1-15(2)6-5-9-8(7-14)3-4-10(12)11(9)13/h3-6H,1-2H3. The van der Waals surface area contributed by atoms with Gasteiger partial charge in [0.2, 0.25) is 0 Å². The average molecular weight is 269 g/mol. The van der Waals surface area contributed by atoms with Gasteiger partial charge in [0.1, 0.15) is 5.82 Å². The fourth-order valence-electron chi connectivity index (χ4n) is 1.05. The van der Waals surface area contributed by atoms with E-state index in [0.29, 0.717) is 15.6 Å². The molecule has 2 nitrogen and oxygen atoms in total. The van der Waals surface area contributed by atoms with Crippen molar-refractivity contribution in [1.29, 1.82) is 5.26 Å².